The minimum atomic E-state index is -0.632. The van der Waals surface area contributed by atoms with E-state index in [1.165, 1.54) is 7.11 Å². The van der Waals surface area contributed by atoms with Crippen LogP contribution >= 0.6 is 0 Å². The lowest BCUT2D eigenvalue weighted by Gasteiger charge is -2.10. The van der Waals surface area contributed by atoms with Crippen molar-refractivity contribution >= 4 is 17.6 Å². The molecule has 0 aliphatic heterocycles. The zero-order valence-corrected chi connectivity index (χ0v) is 16.0. The Morgan fingerprint density at radius 2 is 1.45 bits per heavy atom. The van der Waals surface area contributed by atoms with Gasteiger partial charge in [0.2, 0.25) is 0 Å². The molecular formula is C23H21NO5. The van der Waals surface area contributed by atoms with E-state index in [1.54, 1.807) is 36.4 Å². The second kappa shape index (κ2) is 9.94. The molecule has 0 aromatic heterocycles. The van der Waals surface area contributed by atoms with Gasteiger partial charge in [-0.3, -0.25) is 4.79 Å². The highest BCUT2D eigenvalue weighted by atomic mass is 16.6. The molecule has 0 fully saturated rings. The molecule has 0 saturated carbocycles. The molecule has 0 aliphatic carbocycles. The zero-order valence-electron chi connectivity index (χ0n) is 16.0. The quantitative estimate of drug-likeness (QED) is 0.589. The minimum absolute atomic E-state index is 0.285. The first kappa shape index (κ1) is 19.9. The molecule has 0 aliphatic rings. The monoisotopic (exact) mass is 391 g/mol. The Morgan fingerprint density at radius 1 is 0.793 bits per heavy atom. The number of nitrogens with one attached hydrogen (secondary N) is 1. The summed E-state index contributed by atoms with van der Waals surface area (Å²) < 4.78 is 15.5. The topological polar surface area (TPSA) is 73.9 Å². The van der Waals surface area contributed by atoms with Crippen molar-refractivity contribution in [2.24, 2.45) is 0 Å². The van der Waals surface area contributed by atoms with Crippen LogP contribution in [0.2, 0.25) is 0 Å². The molecule has 0 bridgehead atoms. The number of hydrogen-bond donors (Lipinski definition) is 1. The maximum Gasteiger partial charge on any atom is 0.344 e. The summed E-state index contributed by atoms with van der Waals surface area (Å²) in [5.41, 5.74) is 2.65. The Morgan fingerprint density at radius 3 is 2.17 bits per heavy atom. The van der Waals surface area contributed by atoms with Crippen LogP contribution in [0.25, 0.3) is 11.1 Å². The van der Waals surface area contributed by atoms with Gasteiger partial charge in [-0.2, -0.15) is 0 Å². The van der Waals surface area contributed by atoms with Gasteiger partial charge in [-0.05, 0) is 35.4 Å². The number of anilines is 1. The van der Waals surface area contributed by atoms with E-state index >= 15 is 0 Å². The van der Waals surface area contributed by atoms with Crippen molar-refractivity contribution in [3.63, 3.8) is 0 Å². The van der Waals surface area contributed by atoms with E-state index in [9.17, 15) is 9.59 Å². The first-order chi connectivity index (χ1) is 14.2. The number of methoxy groups -OCH3 is 1. The molecule has 6 nitrogen and oxygen atoms in total. The first-order valence-electron chi connectivity index (χ1n) is 9.02. The smallest absolute Gasteiger partial charge is 0.344 e. The fraction of sp³-hybridized carbons (Fsp3) is 0.130. The van der Waals surface area contributed by atoms with Crippen LogP contribution in [0.15, 0.2) is 78.9 Å². The molecule has 6 heteroatoms. The number of esters is 1. The number of carbonyl (C=O) groups is 2. The average Bonchev–Trinajstić information content (AvgIpc) is 2.77. The summed E-state index contributed by atoms with van der Waals surface area (Å²) >= 11 is 0. The van der Waals surface area contributed by atoms with Crippen LogP contribution in [0.1, 0.15) is 0 Å². The van der Waals surface area contributed by atoms with E-state index in [4.69, 9.17) is 14.2 Å². The molecule has 0 heterocycles. The molecule has 1 N–H and O–H groups in total. The van der Waals surface area contributed by atoms with Crippen LogP contribution < -0.4 is 14.8 Å². The van der Waals surface area contributed by atoms with Gasteiger partial charge in [-0.15, -0.1) is 0 Å². The summed E-state index contributed by atoms with van der Waals surface area (Å²) in [5.74, 6) is -0.0306. The van der Waals surface area contributed by atoms with Crippen molar-refractivity contribution in [3.05, 3.63) is 78.9 Å². The lowest BCUT2D eigenvalue weighted by molar-refractivity contribution is -0.149. The molecule has 3 aromatic carbocycles. The zero-order chi connectivity index (χ0) is 20.5. The normalized spacial score (nSPS) is 10.1. The van der Waals surface area contributed by atoms with Crippen LogP contribution in [-0.4, -0.2) is 32.2 Å². The van der Waals surface area contributed by atoms with E-state index in [0.29, 0.717) is 17.2 Å². The molecule has 29 heavy (non-hydrogen) atoms. The van der Waals surface area contributed by atoms with Crippen LogP contribution in [-0.2, 0) is 14.3 Å². The second-order valence-corrected chi connectivity index (χ2v) is 6.09. The van der Waals surface area contributed by atoms with E-state index in [-0.39, 0.29) is 6.61 Å². The summed E-state index contributed by atoms with van der Waals surface area (Å²) in [7, 11) is 1.51. The van der Waals surface area contributed by atoms with Crippen LogP contribution in [0, 0.1) is 0 Å². The van der Waals surface area contributed by atoms with Gasteiger partial charge in [0.05, 0.1) is 12.8 Å². The van der Waals surface area contributed by atoms with Gasteiger partial charge in [0, 0.05) is 0 Å². The average molecular weight is 391 g/mol. The predicted molar refractivity (Wildman–Crippen MR) is 110 cm³/mol. The van der Waals surface area contributed by atoms with Gasteiger partial charge in [0.25, 0.3) is 5.91 Å². The first-order valence-corrected chi connectivity index (χ1v) is 9.02. The predicted octanol–water partition coefficient (Wildman–Crippen LogP) is 3.92. The lowest BCUT2D eigenvalue weighted by atomic mass is 10.1. The second-order valence-electron chi connectivity index (χ2n) is 6.09. The van der Waals surface area contributed by atoms with Crippen molar-refractivity contribution in [3.8, 4) is 22.6 Å². The third kappa shape index (κ3) is 5.84. The van der Waals surface area contributed by atoms with Gasteiger partial charge in [0.1, 0.15) is 11.5 Å². The van der Waals surface area contributed by atoms with E-state index < -0.39 is 18.5 Å². The maximum atomic E-state index is 11.9. The highest BCUT2D eigenvalue weighted by Crippen LogP contribution is 2.23. The fourth-order valence-electron chi connectivity index (χ4n) is 2.64. The number of hydrogen-bond acceptors (Lipinski definition) is 5. The van der Waals surface area contributed by atoms with E-state index in [1.807, 2.05) is 42.5 Å². The van der Waals surface area contributed by atoms with E-state index in [0.717, 1.165) is 11.1 Å². The summed E-state index contributed by atoms with van der Waals surface area (Å²) in [6.45, 7) is -0.695. The Labute approximate surface area is 169 Å². The largest absolute Gasteiger partial charge is 0.495 e. The molecule has 0 spiro atoms. The number of rotatable bonds is 8. The van der Waals surface area contributed by atoms with E-state index in [2.05, 4.69) is 5.32 Å². The lowest BCUT2D eigenvalue weighted by Crippen LogP contribution is -2.23. The summed E-state index contributed by atoms with van der Waals surface area (Å²) in [6.07, 6.45) is 0. The highest BCUT2D eigenvalue weighted by molar-refractivity contribution is 5.94. The minimum Gasteiger partial charge on any atom is -0.495 e. The van der Waals surface area contributed by atoms with Crippen molar-refractivity contribution in [2.75, 3.05) is 25.6 Å². The van der Waals surface area contributed by atoms with Crippen molar-refractivity contribution in [1.29, 1.82) is 0 Å². The Hall–Kier alpha value is -3.80. The molecule has 3 rings (SSSR count). The maximum absolute atomic E-state index is 11.9. The van der Waals surface area contributed by atoms with Gasteiger partial charge >= 0.3 is 5.97 Å². The Balaban J connectivity index is 1.43. The van der Waals surface area contributed by atoms with Crippen LogP contribution in [0.3, 0.4) is 0 Å². The van der Waals surface area contributed by atoms with Crippen molar-refractivity contribution < 1.29 is 23.8 Å². The fourth-order valence-corrected chi connectivity index (χ4v) is 2.64. The molecule has 0 atom stereocenters. The molecule has 0 unspecified atom stereocenters. The van der Waals surface area contributed by atoms with Gasteiger partial charge < -0.3 is 19.5 Å². The third-order valence-corrected chi connectivity index (χ3v) is 4.06. The molecule has 1 amide bonds. The molecule has 0 saturated heterocycles. The Bertz CT molecular complexity index is 955. The number of ether oxygens (including phenoxy) is 3. The Kier molecular flexibility index (Phi) is 6.84. The summed E-state index contributed by atoms with van der Waals surface area (Å²) in [5, 5.41) is 2.63. The highest BCUT2D eigenvalue weighted by Gasteiger charge is 2.11. The van der Waals surface area contributed by atoms with Gasteiger partial charge in [-0.1, -0.05) is 54.6 Å². The summed E-state index contributed by atoms with van der Waals surface area (Å²) in [6, 6.07) is 24.3. The van der Waals surface area contributed by atoms with Crippen molar-refractivity contribution in [1.82, 2.24) is 0 Å². The van der Waals surface area contributed by atoms with Crippen LogP contribution in [0.5, 0.6) is 11.5 Å². The SMILES string of the molecule is COc1ccccc1NC(=O)COC(=O)COc1ccc(-c2ccccc2)cc1. The van der Waals surface area contributed by atoms with Crippen LogP contribution in [0.4, 0.5) is 5.69 Å². The number of carbonyl (C=O) groups excluding carboxylic acids is 2. The number of para-hydroxylation sites is 2. The standard InChI is InChI=1S/C23H21NO5/c1-27-21-10-6-5-9-20(21)24-22(25)15-29-23(26)16-28-19-13-11-18(12-14-19)17-7-3-2-4-8-17/h2-14H,15-16H2,1H3,(H,24,25). The van der Waals surface area contributed by atoms with Gasteiger partial charge in [-0.25, -0.2) is 4.79 Å². The van der Waals surface area contributed by atoms with Gasteiger partial charge in [0.15, 0.2) is 13.2 Å². The molecule has 3 aromatic rings. The van der Waals surface area contributed by atoms with Crippen molar-refractivity contribution in [2.45, 2.75) is 0 Å². The third-order valence-electron chi connectivity index (χ3n) is 4.06. The molecule has 148 valence electrons. The number of benzene rings is 3. The summed E-state index contributed by atoms with van der Waals surface area (Å²) in [4.78, 5) is 23.8. The molecule has 0 radical (unpaired) electrons. The number of amides is 1. The molecular weight excluding hydrogens is 370 g/mol.